The number of likely N-dealkylation sites (tertiary alicyclic amines) is 1. The lowest BCUT2D eigenvalue weighted by molar-refractivity contribution is 0.0736. The normalized spacial score (nSPS) is 16.6. The second-order valence-electron chi connectivity index (χ2n) is 7.03. The van der Waals surface area contributed by atoms with E-state index in [1.54, 1.807) is 4.68 Å². The minimum absolute atomic E-state index is 0.0466. The molecule has 1 saturated heterocycles. The smallest absolute Gasteiger partial charge is 0.254 e. The SMILES string of the molecule is O=C(c1cccc(-n2cnnn2)c1)N1CCCC1c1cccc2ccccc12. The van der Waals surface area contributed by atoms with Crippen molar-refractivity contribution in [2.24, 2.45) is 0 Å². The maximum atomic E-state index is 13.4. The summed E-state index contributed by atoms with van der Waals surface area (Å²) in [6.45, 7) is 0.766. The molecule has 2 heterocycles. The van der Waals surface area contributed by atoms with Gasteiger partial charge in [0.1, 0.15) is 6.33 Å². The van der Waals surface area contributed by atoms with Gasteiger partial charge >= 0.3 is 0 Å². The molecular formula is C22H19N5O. The minimum Gasteiger partial charge on any atom is -0.332 e. The van der Waals surface area contributed by atoms with Crippen LogP contribution in [0.15, 0.2) is 73.1 Å². The van der Waals surface area contributed by atoms with Gasteiger partial charge in [-0.25, -0.2) is 4.68 Å². The van der Waals surface area contributed by atoms with Crippen LogP contribution in [0, 0.1) is 0 Å². The Hall–Kier alpha value is -3.54. The lowest BCUT2D eigenvalue weighted by atomic mass is 9.97. The summed E-state index contributed by atoms with van der Waals surface area (Å²) in [5, 5.41) is 13.7. The third kappa shape index (κ3) is 2.83. The standard InChI is InChI=1S/C22H19N5O/c28-22(17-8-3-9-18(14-17)27-15-23-24-25-27)26-13-5-12-21(26)20-11-4-7-16-6-1-2-10-19(16)20/h1-4,6-11,14-15,21H,5,12-13H2. The lowest BCUT2D eigenvalue weighted by Gasteiger charge is -2.26. The Morgan fingerprint density at radius 3 is 2.75 bits per heavy atom. The first-order valence-electron chi connectivity index (χ1n) is 9.43. The quantitative estimate of drug-likeness (QED) is 0.551. The van der Waals surface area contributed by atoms with Crippen molar-refractivity contribution in [3.63, 3.8) is 0 Å². The van der Waals surface area contributed by atoms with Crippen LogP contribution in [0.2, 0.25) is 0 Å². The van der Waals surface area contributed by atoms with Gasteiger partial charge in [0.2, 0.25) is 0 Å². The number of carbonyl (C=O) groups excluding carboxylic acids is 1. The predicted molar refractivity (Wildman–Crippen MR) is 106 cm³/mol. The van der Waals surface area contributed by atoms with Gasteiger partial charge in [0.25, 0.3) is 5.91 Å². The highest BCUT2D eigenvalue weighted by Crippen LogP contribution is 2.36. The second kappa shape index (κ2) is 6.88. The van der Waals surface area contributed by atoms with Gasteiger partial charge in [0, 0.05) is 12.1 Å². The Bertz CT molecular complexity index is 1130. The van der Waals surface area contributed by atoms with Crippen molar-refractivity contribution in [2.45, 2.75) is 18.9 Å². The zero-order chi connectivity index (χ0) is 18.9. The number of rotatable bonds is 3. The molecule has 0 N–H and O–H groups in total. The van der Waals surface area contributed by atoms with Crippen molar-refractivity contribution in [1.82, 2.24) is 25.1 Å². The highest BCUT2D eigenvalue weighted by molar-refractivity contribution is 5.96. The number of benzene rings is 3. The number of nitrogens with zero attached hydrogens (tertiary/aromatic N) is 5. The molecule has 6 nitrogen and oxygen atoms in total. The summed E-state index contributed by atoms with van der Waals surface area (Å²) in [7, 11) is 0. The Morgan fingerprint density at radius 1 is 1.00 bits per heavy atom. The molecule has 0 bridgehead atoms. The van der Waals surface area contributed by atoms with Crippen molar-refractivity contribution in [2.75, 3.05) is 6.54 Å². The van der Waals surface area contributed by atoms with E-state index in [-0.39, 0.29) is 11.9 Å². The van der Waals surface area contributed by atoms with Gasteiger partial charge in [0.05, 0.1) is 11.7 Å². The van der Waals surface area contributed by atoms with Gasteiger partial charge in [-0.05, 0) is 57.8 Å². The molecular weight excluding hydrogens is 350 g/mol. The first kappa shape index (κ1) is 16.6. The largest absolute Gasteiger partial charge is 0.332 e. The van der Waals surface area contributed by atoms with Crippen molar-refractivity contribution >= 4 is 16.7 Å². The molecule has 1 aliphatic rings. The molecule has 5 rings (SSSR count). The van der Waals surface area contributed by atoms with E-state index in [1.165, 1.54) is 22.7 Å². The van der Waals surface area contributed by atoms with E-state index in [1.807, 2.05) is 35.2 Å². The Morgan fingerprint density at radius 2 is 1.86 bits per heavy atom. The second-order valence-corrected chi connectivity index (χ2v) is 7.03. The zero-order valence-corrected chi connectivity index (χ0v) is 15.3. The summed E-state index contributed by atoms with van der Waals surface area (Å²) in [4.78, 5) is 15.4. The summed E-state index contributed by atoms with van der Waals surface area (Å²) < 4.78 is 1.56. The minimum atomic E-state index is 0.0466. The van der Waals surface area contributed by atoms with Gasteiger partial charge < -0.3 is 4.90 Å². The van der Waals surface area contributed by atoms with Gasteiger partial charge in [-0.1, -0.05) is 48.5 Å². The van der Waals surface area contributed by atoms with Crippen LogP contribution in [0.5, 0.6) is 0 Å². The maximum Gasteiger partial charge on any atom is 0.254 e. The molecule has 1 aliphatic heterocycles. The van der Waals surface area contributed by atoms with Crippen molar-refractivity contribution in [3.8, 4) is 5.69 Å². The highest BCUT2D eigenvalue weighted by Gasteiger charge is 2.31. The highest BCUT2D eigenvalue weighted by atomic mass is 16.2. The molecule has 1 fully saturated rings. The predicted octanol–water partition coefficient (Wildman–Crippen LogP) is 3.79. The van der Waals surface area contributed by atoms with Crippen LogP contribution in [-0.4, -0.2) is 37.6 Å². The number of carbonyl (C=O) groups is 1. The first-order valence-corrected chi connectivity index (χ1v) is 9.43. The van der Waals surface area contributed by atoms with E-state index >= 15 is 0 Å². The first-order chi connectivity index (χ1) is 13.8. The molecule has 138 valence electrons. The number of hydrogen-bond donors (Lipinski definition) is 0. The number of tetrazole rings is 1. The average molecular weight is 369 g/mol. The number of hydrogen-bond acceptors (Lipinski definition) is 4. The third-order valence-corrected chi connectivity index (χ3v) is 5.40. The number of aromatic nitrogens is 4. The molecule has 28 heavy (non-hydrogen) atoms. The van der Waals surface area contributed by atoms with E-state index in [0.29, 0.717) is 5.56 Å². The zero-order valence-electron chi connectivity index (χ0n) is 15.3. The third-order valence-electron chi connectivity index (χ3n) is 5.40. The number of amides is 1. The molecule has 3 aromatic carbocycles. The molecule has 1 unspecified atom stereocenters. The summed E-state index contributed by atoms with van der Waals surface area (Å²) in [6.07, 6.45) is 3.51. The summed E-state index contributed by atoms with van der Waals surface area (Å²) in [5.74, 6) is 0.0466. The van der Waals surface area contributed by atoms with Crippen LogP contribution in [0.4, 0.5) is 0 Å². The Labute approximate surface area is 162 Å². The van der Waals surface area contributed by atoms with E-state index in [9.17, 15) is 4.79 Å². The molecule has 1 atom stereocenters. The van der Waals surface area contributed by atoms with Crippen molar-refractivity contribution in [1.29, 1.82) is 0 Å². The molecule has 0 radical (unpaired) electrons. The van der Waals surface area contributed by atoms with E-state index in [4.69, 9.17) is 0 Å². The fraction of sp³-hybridized carbons (Fsp3) is 0.182. The Kier molecular flexibility index (Phi) is 4.09. The van der Waals surface area contributed by atoms with Crippen molar-refractivity contribution < 1.29 is 4.79 Å². The van der Waals surface area contributed by atoms with E-state index < -0.39 is 0 Å². The van der Waals surface area contributed by atoms with Crippen LogP contribution >= 0.6 is 0 Å². The van der Waals surface area contributed by atoms with Gasteiger partial charge in [0.15, 0.2) is 0 Å². The molecule has 0 spiro atoms. The van der Waals surface area contributed by atoms with Gasteiger partial charge in [-0.3, -0.25) is 4.79 Å². The monoisotopic (exact) mass is 369 g/mol. The van der Waals surface area contributed by atoms with Gasteiger partial charge in [-0.15, -0.1) is 5.10 Å². The van der Waals surface area contributed by atoms with Crippen molar-refractivity contribution in [3.05, 3.63) is 84.2 Å². The molecule has 0 aliphatic carbocycles. The van der Waals surface area contributed by atoms with Crippen LogP contribution in [-0.2, 0) is 0 Å². The lowest BCUT2D eigenvalue weighted by Crippen LogP contribution is -2.30. The molecule has 1 aromatic heterocycles. The summed E-state index contributed by atoms with van der Waals surface area (Å²) >= 11 is 0. The van der Waals surface area contributed by atoms with E-state index in [0.717, 1.165) is 25.1 Å². The maximum absolute atomic E-state index is 13.4. The summed E-state index contributed by atoms with van der Waals surface area (Å²) in [5.41, 5.74) is 2.65. The van der Waals surface area contributed by atoms with Crippen LogP contribution in [0.25, 0.3) is 16.5 Å². The molecule has 0 saturated carbocycles. The summed E-state index contributed by atoms with van der Waals surface area (Å²) in [6, 6.07) is 22.3. The van der Waals surface area contributed by atoms with Crippen LogP contribution in [0.1, 0.15) is 34.8 Å². The Balaban J connectivity index is 1.50. The molecule has 4 aromatic rings. The molecule has 1 amide bonds. The molecule has 6 heteroatoms. The topological polar surface area (TPSA) is 63.9 Å². The number of fused-ring (bicyclic) bond motifs is 1. The van der Waals surface area contributed by atoms with Gasteiger partial charge in [-0.2, -0.15) is 0 Å². The fourth-order valence-electron chi connectivity index (χ4n) is 4.10. The van der Waals surface area contributed by atoms with Crippen LogP contribution < -0.4 is 0 Å². The average Bonchev–Trinajstić information content (AvgIpc) is 3.45. The fourth-order valence-corrected chi connectivity index (χ4v) is 4.10. The van der Waals surface area contributed by atoms with E-state index in [2.05, 4.69) is 51.9 Å². The van der Waals surface area contributed by atoms with Crippen LogP contribution in [0.3, 0.4) is 0 Å².